The zero-order valence-electron chi connectivity index (χ0n) is 67.2. The Balaban J connectivity index is 4.06. The molecular formula is C93H162NO8+. The molecular weight excluding hydrogens is 1260 g/mol. The molecule has 0 amide bonds. The second-order valence-electron chi connectivity index (χ2n) is 29.8. The van der Waals surface area contributed by atoms with Gasteiger partial charge in [-0.05, 0) is 96.3 Å². The highest BCUT2D eigenvalue weighted by Gasteiger charge is 2.25. The van der Waals surface area contributed by atoms with Crippen molar-refractivity contribution < 1.29 is 42.9 Å². The minimum Gasteiger partial charge on any atom is -0.477 e. The number of hydrogen-bond donors (Lipinski definition) is 1. The van der Waals surface area contributed by atoms with Crippen molar-refractivity contribution in [2.24, 2.45) is 0 Å². The number of unbranched alkanes of at least 4 members (excludes halogenated alkanes) is 42. The monoisotopic (exact) mass is 1420 g/mol. The van der Waals surface area contributed by atoms with E-state index in [1.54, 1.807) is 0 Å². The number of carbonyl (C=O) groups excluding carboxylic acids is 2. The van der Waals surface area contributed by atoms with Gasteiger partial charge in [0.25, 0.3) is 6.29 Å². The van der Waals surface area contributed by atoms with E-state index in [9.17, 15) is 19.5 Å². The number of likely N-dealkylation sites (N-methyl/N-ethyl adjacent to an activating group) is 1. The Labute approximate surface area is 630 Å². The molecule has 0 aliphatic carbocycles. The van der Waals surface area contributed by atoms with Crippen LogP contribution in [0.4, 0.5) is 0 Å². The molecule has 1 N–H and O–H groups in total. The van der Waals surface area contributed by atoms with Crippen molar-refractivity contribution in [3.8, 4) is 0 Å². The second kappa shape index (κ2) is 82.1. The van der Waals surface area contributed by atoms with E-state index in [1.165, 1.54) is 238 Å². The fourth-order valence-corrected chi connectivity index (χ4v) is 12.2. The van der Waals surface area contributed by atoms with Gasteiger partial charge in [-0.15, -0.1) is 0 Å². The van der Waals surface area contributed by atoms with E-state index < -0.39 is 24.3 Å². The number of quaternary nitrogens is 1. The van der Waals surface area contributed by atoms with Gasteiger partial charge < -0.3 is 28.5 Å². The zero-order chi connectivity index (χ0) is 73.9. The minimum atomic E-state index is -1.53. The van der Waals surface area contributed by atoms with E-state index in [1.807, 2.05) is 21.1 Å². The summed E-state index contributed by atoms with van der Waals surface area (Å²) in [5, 5.41) is 9.78. The lowest BCUT2D eigenvalue weighted by Gasteiger charge is -2.25. The van der Waals surface area contributed by atoms with Crippen LogP contribution in [0.5, 0.6) is 0 Å². The number of carboxylic acids is 1. The van der Waals surface area contributed by atoms with Crippen LogP contribution in [0.15, 0.2) is 134 Å². The first-order valence-electron chi connectivity index (χ1n) is 42.8. The first-order chi connectivity index (χ1) is 50.1. The van der Waals surface area contributed by atoms with Crippen molar-refractivity contribution in [3.05, 3.63) is 134 Å². The first-order valence-corrected chi connectivity index (χ1v) is 42.8. The Kier molecular flexibility index (Phi) is 78.4. The Morgan fingerprint density at radius 2 is 0.559 bits per heavy atom. The molecule has 9 heteroatoms. The largest absolute Gasteiger partial charge is 0.477 e. The average Bonchev–Trinajstić information content (AvgIpc) is 1.02. The third-order valence-corrected chi connectivity index (χ3v) is 18.7. The molecule has 0 aromatic heterocycles. The quantitative estimate of drug-likeness (QED) is 0.0211. The van der Waals surface area contributed by atoms with Crippen molar-refractivity contribution in [2.75, 3.05) is 47.5 Å². The van der Waals surface area contributed by atoms with Crippen LogP contribution in [0.1, 0.15) is 380 Å². The summed E-state index contributed by atoms with van der Waals surface area (Å²) in [4.78, 5) is 37.8. The highest BCUT2D eigenvalue weighted by molar-refractivity contribution is 5.71. The van der Waals surface area contributed by atoms with Crippen LogP contribution in [-0.4, -0.2) is 87.4 Å². The Hall–Kier alpha value is -4.57. The normalized spacial score (nSPS) is 13.3. The van der Waals surface area contributed by atoms with Gasteiger partial charge in [-0.1, -0.05) is 404 Å². The number of carboxylic acid groups (broad SMARTS) is 1. The molecule has 102 heavy (non-hydrogen) atoms. The highest BCUT2D eigenvalue weighted by Crippen LogP contribution is 2.19. The number of allylic oxidation sites excluding steroid dienone is 22. The molecule has 0 aliphatic heterocycles. The molecule has 0 radical (unpaired) electrons. The second-order valence-corrected chi connectivity index (χ2v) is 29.8. The maximum absolute atomic E-state index is 13.0. The molecule has 0 saturated heterocycles. The fourth-order valence-electron chi connectivity index (χ4n) is 12.2. The summed E-state index contributed by atoms with van der Waals surface area (Å²) in [5.74, 6) is -2.05. The van der Waals surface area contributed by atoms with E-state index >= 15 is 0 Å². The van der Waals surface area contributed by atoms with Crippen LogP contribution in [0.25, 0.3) is 0 Å². The van der Waals surface area contributed by atoms with Crippen LogP contribution in [0, 0.1) is 0 Å². The van der Waals surface area contributed by atoms with Gasteiger partial charge in [0.1, 0.15) is 13.2 Å². The van der Waals surface area contributed by atoms with E-state index in [2.05, 4.69) is 148 Å². The van der Waals surface area contributed by atoms with Gasteiger partial charge in [-0.3, -0.25) is 9.59 Å². The first kappa shape index (κ1) is 97.4. The molecule has 0 spiro atoms. The molecule has 9 nitrogen and oxygen atoms in total. The summed E-state index contributed by atoms with van der Waals surface area (Å²) >= 11 is 0. The zero-order valence-corrected chi connectivity index (χ0v) is 67.2. The molecule has 0 saturated carbocycles. The number of aliphatic carboxylic acids is 1. The van der Waals surface area contributed by atoms with Crippen LogP contribution < -0.4 is 0 Å². The fraction of sp³-hybridized carbons (Fsp3) is 0.731. The summed E-state index contributed by atoms with van der Waals surface area (Å²) in [7, 11) is 5.97. The van der Waals surface area contributed by atoms with Gasteiger partial charge in [-0.25, -0.2) is 4.79 Å². The van der Waals surface area contributed by atoms with E-state index in [0.29, 0.717) is 23.9 Å². The third-order valence-electron chi connectivity index (χ3n) is 18.7. The molecule has 2 atom stereocenters. The van der Waals surface area contributed by atoms with E-state index in [0.717, 1.165) is 109 Å². The molecule has 0 fully saturated rings. The van der Waals surface area contributed by atoms with Crippen molar-refractivity contribution in [1.82, 2.24) is 0 Å². The lowest BCUT2D eigenvalue weighted by atomic mass is 10.0. The number of nitrogens with zero attached hydrogens (tertiary/aromatic N) is 1. The van der Waals surface area contributed by atoms with Crippen LogP contribution in [0.3, 0.4) is 0 Å². The van der Waals surface area contributed by atoms with Crippen molar-refractivity contribution in [3.63, 3.8) is 0 Å². The van der Waals surface area contributed by atoms with Gasteiger partial charge >= 0.3 is 17.9 Å². The third kappa shape index (κ3) is 82.7. The number of hydrogen-bond acceptors (Lipinski definition) is 7. The summed E-state index contributed by atoms with van der Waals surface area (Å²) in [6.45, 7) is 4.76. The lowest BCUT2D eigenvalue weighted by molar-refractivity contribution is -0.870. The molecule has 0 rings (SSSR count). The Morgan fingerprint density at radius 1 is 0.304 bits per heavy atom. The van der Waals surface area contributed by atoms with Gasteiger partial charge in [0, 0.05) is 12.8 Å². The summed E-state index contributed by atoms with van der Waals surface area (Å²) in [6.07, 6.45) is 116. The van der Waals surface area contributed by atoms with Gasteiger partial charge in [-0.2, -0.15) is 0 Å². The van der Waals surface area contributed by atoms with Gasteiger partial charge in [0.2, 0.25) is 0 Å². The van der Waals surface area contributed by atoms with Gasteiger partial charge in [0.15, 0.2) is 6.10 Å². The van der Waals surface area contributed by atoms with Crippen molar-refractivity contribution >= 4 is 17.9 Å². The van der Waals surface area contributed by atoms with E-state index in [-0.39, 0.29) is 32.2 Å². The molecule has 0 heterocycles. The molecule has 0 bridgehead atoms. The predicted octanol–water partition coefficient (Wildman–Crippen LogP) is 28.0. The number of ether oxygens (including phenoxy) is 4. The minimum absolute atomic E-state index is 0.176. The maximum Gasteiger partial charge on any atom is 0.361 e. The predicted molar refractivity (Wildman–Crippen MR) is 442 cm³/mol. The highest BCUT2D eigenvalue weighted by atomic mass is 16.7. The van der Waals surface area contributed by atoms with Crippen LogP contribution >= 0.6 is 0 Å². The van der Waals surface area contributed by atoms with Crippen molar-refractivity contribution in [1.29, 1.82) is 0 Å². The lowest BCUT2D eigenvalue weighted by Crippen LogP contribution is -2.40. The average molecular weight is 1420 g/mol. The topological polar surface area (TPSA) is 108 Å². The summed E-state index contributed by atoms with van der Waals surface area (Å²) in [5.41, 5.74) is 0. The Bertz CT molecular complexity index is 2150. The van der Waals surface area contributed by atoms with Crippen LogP contribution in [-0.2, 0) is 33.3 Å². The smallest absolute Gasteiger partial charge is 0.361 e. The molecule has 0 aromatic rings. The number of rotatable bonds is 79. The Morgan fingerprint density at radius 3 is 0.833 bits per heavy atom. The van der Waals surface area contributed by atoms with Crippen molar-refractivity contribution in [2.45, 2.75) is 392 Å². The SMILES string of the molecule is CC/C=C\C/C=C\C/C=C\C/C=C\C/C=C\C/C=C\C/C=C\C/C=C\C/C=C\C/C=C\C/C=C\CCCCCC(=O)OC(COC(=O)CCCCCCCCCCCCCCCCCCCCCCCCCCCCCCCCCCCCCCCCCC)COC(OCC[N+](C)(C)C)C(=O)O. The molecule has 0 aliphatic rings. The van der Waals surface area contributed by atoms with E-state index in [4.69, 9.17) is 18.9 Å². The number of carbonyl (C=O) groups is 3. The molecule has 586 valence electrons. The summed E-state index contributed by atoms with van der Waals surface area (Å²) < 4.78 is 23.0. The summed E-state index contributed by atoms with van der Waals surface area (Å²) in [6, 6.07) is 0. The van der Waals surface area contributed by atoms with Gasteiger partial charge in [0.05, 0.1) is 34.4 Å². The molecule has 2 unspecified atom stereocenters. The molecule has 0 aromatic carbocycles. The maximum atomic E-state index is 13.0. The standard InChI is InChI=1S/C93H161NO8/c1-6-8-10-12-14-16-18-20-22-24-26-28-30-32-34-36-38-40-42-44-45-46-48-49-51-53-55-57-59-61-63-65-67-69-71-73-75-77-79-81-83-90(95)100-87-89(88-101-93(92(97)98)99-86-85-94(3,4)5)102-91(96)84-82-80-78-76-74-72-70-68-66-64-62-60-58-56-54-52-50-47-43-41-39-37-35-33-31-29-27-25-23-21-19-17-15-13-11-9-7-2/h9,11,15,17,21,23,27,29,33,35,39,41,47,50,54,56,60,62,66,68,72,74,89,93H,6-8,10,12-14,16,18-20,22,24-26,28,30-32,34,36-38,40,42-46,48-49,51-53,55,57-59,61,63-65,67,69-71,73,75-88H2,1-5H3/p+1/b11-9-,17-15-,23-21-,29-27-,35-33-,41-39-,50-47-,56-54-,62-60-,68-66-,74-72-. The number of esters is 2. The van der Waals surface area contributed by atoms with Crippen LogP contribution in [0.2, 0.25) is 0 Å².